The molecular formula is C23H28FN3O. The lowest BCUT2D eigenvalue weighted by atomic mass is 10.1. The van der Waals surface area contributed by atoms with Crippen LogP contribution in [0.5, 0.6) is 0 Å². The van der Waals surface area contributed by atoms with Gasteiger partial charge in [-0.15, -0.1) is 0 Å². The summed E-state index contributed by atoms with van der Waals surface area (Å²) in [7, 11) is 1.94. The van der Waals surface area contributed by atoms with Crippen LogP contribution in [0.4, 0.5) is 4.39 Å². The molecule has 1 aromatic heterocycles. The average Bonchev–Trinajstić information content (AvgIpc) is 3.10. The third kappa shape index (κ3) is 5.27. The Morgan fingerprint density at radius 1 is 1.11 bits per heavy atom. The number of halogens is 1. The molecule has 0 spiro atoms. The summed E-state index contributed by atoms with van der Waals surface area (Å²) in [6.07, 6.45) is 1.81. The van der Waals surface area contributed by atoms with Crippen LogP contribution in [0, 0.1) is 5.82 Å². The normalized spacial score (nSPS) is 11.5. The quantitative estimate of drug-likeness (QED) is 0.505. The number of aryl methyl sites for hydroxylation is 1. The van der Waals surface area contributed by atoms with Crippen LogP contribution in [0.3, 0.4) is 0 Å². The standard InChI is InChI=1S/C23H28FN3O/c1-18(2)27(16-19-7-6-9-21(24)15-19)13-14-28-17-20-8-4-5-10-22(20)23-11-12-25-26(23)3/h4-12,15,18H,13-14,16-17H2,1-3H3. The Morgan fingerprint density at radius 3 is 2.64 bits per heavy atom. The minimum atomic E-state index is -0.191. The van der Waals surface area contributed by atoms with Gasteiger partial charge in [0.25, 0.3) is 0 Å². The Hall–Kier alpha value is -2.50. The van der Waals surface area contributed by atoms with Gasteiger partial charge in [0, 0.05) is 37.9 Å². The fourth-order valence-corrected chi connectivity index (χ4v) is 3.29. The molecule has 3 aromatic rings. The average molecular weight is 381 g/mol. The molecule has 0 aliphatic heterocycles. The highest BCUT2D eigenvalue weighted by Gasteiger charge is 2.12. The number of rotatable bonds is 9. The van der Waals surface area contributed by atoms with E-state index in [4.69, 9.17) is 4.74 Å². The highest BCUT2D eigenvalue weighted by Crippen LogP contribution is 2.23. The molecule has 0 N–H and O–H groups in total. The minimum Gasteiger partial charge on any atom is -0.375 e. The first kappa shape index (κ1) is 20.2. The Balaban J connectivity index is 1.57. The molecule has 0 bridgehead atoms. The first-order valence-electron chi connectivity index (χ1n) is 9.67. The van der Waals surface area contributed by atoms with Crippen molar-refractivity contribution in [2.24, 2.45) is 7.05 Å². The van der Waals surface area contributed by atoms with Gasteiger partial charge in [-0.1, -0.05) is 36.4 Å². The maximum absolute atomic E-state index is 13.4. The van der Waals surface area contributed by atoms with E-state index in [9.17, 15) is 4.39 Å². The van der Waals surface area contributed by atoms with Gasteiger partial charge >= 0.3 is 0 Å². The van der Waals surface area contributed by atoms with Crippen molar-refractivity contribution in [2.75, 3.05) is 13.2 Å². The van der Waals surface area contributed by atoms with E-state index in [-0.39, 0.29) is 5.82 Å². The predicted molar refractivity (Wildman–Crippen MR) is 110 cm³/mol. The van der Waals surface area contributed by atoms with E-state index in [1.165, 1.54) is 6.07 Å². The fourth-order valence-electron chi connectivity index (χ4n) is 3.29. The van der Waals surface area contributed by atoms with E-state index >= 15 is 0 Å². The molecule has 148 valence electrons. The molecule has 0 fully saturated rings. The molecule has 0 amide bonds. The molecule has 3 rings (SSSR count). The summed E-state index contributed by atoms with van der Waals surface area (Å²) in [4.78, 5) is 2.29. The van der Waals surface area contributed by atoms with E-state index in [0.717, 1.165) is 28.9 Å². The minimum absolute atomic E-state index is 0.191. The number of hydrogen-bond acceptors (Lipinski definition) is 3. The molecule has 0 saturated heterocycles. The Kier molecular flexibility index (Phi) is 6.95. The highest BCUT2D eigenvalue weighted by molar-refractivity contribution is 5.63. The monoisotopic (exact) mass is 381 g/mol. The predicted octanol–water partition coefficient (Wildman–Crippen LogP) is 4.65. The molecule has 0 aliphatic carbocycles. The summed E-state index contributed by atoms with van der Waals surface area (Å²) in [5.41, 5.74) is 4.35. The summed E-state index contributed by atoms with van der Waals surface area (Å²) in [5.74, 6) is -0.191. The Labute approximate surface area is 166 Å². The maximum atomic E-state index is 13.4. The zero-order valence-electron chi connectivity index (χ0n) is 16.8. The van der Waals surface area contributed by atoms with Crippen LogP contribution >= 0.6 is 0 Å². The second-order valence-corrected chi connectivity index (χ2v) is 7.24. The Bertz CT molecular complexity index is 891. The Morgan fingerprint density at radius 2 is 1.93 bits per heavy atom. The zero-order valence-corrected chi connectivity index (χ0v) is 16.8. The molecule has 28 heavy (non-hydrogen) atoms. The van der Waals surface area contributed by atoms with E-state index in [1.807, 2.05) is 36.0 Å². The van der Waals surface area contributed by atoms with Gasteiger partial charge in [0.2, 0.25) is 0 Å². The number of aromatic nitrogens is 2. The second-order valence-electron chi connectivity index (χ2n) is 7.24. The lowest BCUT2D eigenvalue weighted by Crippen LogP contribution is -2.33. The van der Waals surface area contributed by atoms with Crippen molar-refractivity contribution in [3.63, 3.8) is 0 Å². The van der Waals surface area contributed by atoms with Gasteiger partial charge in [-0.3, -0.25) is 9.58 Å². The number of benzene rings is 2. The first-order chi connectivity index (χ1) is 13.5. The van der Waals surface area contributed by atoms with Crippen LogP contribution in [0.25, 0.3) is 11.3 Å². The number of hydrogen-bond donors (Lipinski definition) is 0. The van der Waals surface area contributed by atoms with Crippen LogP contribution in [0.1, 0.15) is 25.0 Å². The molecule has 0 aliphatic rings. The molecular weight excluding hydrogens is 353 g/mol. The maximum Gasteiger partial charge on any atom is 0.123 e. The molecule has 5 heteroatoms. The zero-order chi connectivity index (χ0) is 19.9. The molecule has 0 atom stereocenters. The van der Waals surface area contributed by atoms with Gasteiger partial charge in [0.15, 0.2) is 0 Å². The second kappa shape index (κ2) is 9.62. The third-order valence-electron chi connectivity index (χ3n) is 4.90. The van der Waals surface area contributed by atoms with Crippen molar-refractivity contribution in [2.45, 2.75) is 33.0 Å². The van der Waals surface area contributed by atoms with E-state index in [2.05, 4.69) is 36.0 Å². The van der Waals surface area contributed by atoms with Crippen molar-refractivity contribution < 1.29 is 9.13 Å². The van der Waals surface area contributed by atoms with Crippen molar-refractivity contribution in [1.29, 1.82) is 0 Å². The van der Waals surface area contributed by atoms with Gasteiger partial charge in [0.1, 0.15) is 5.82 Å². The number of nitrogens with zero attached hydrogens (tertiary/aromatic N) is 3. The molecule has 2 aromatic carbocycles. The van der Waals surface area contributed by atoms with Crippen LogP contribution in [0.15, 0.2) is 60.8 Å². The summed E-state index contributed by atoms with van der Waals surface area (Å²) in [6.45, 7) is 6.97. The van der Waals surface area contributed by atoms with E-state index in [1.54, 1.807) is 18.3 Å². The summed E-state index contributed by atoms with van der Waals surface area (Å²) >= 11 is 0. The molecule has 0 radical (unpaired) electrons. The van der Waals surface area contributed by atoms with Crippen LogP contribution in [-0.2, 0) is 24.9 Å². The SMILES string of the molecule is CC(C)N(CCOCc1ccccc1-c1ccnn1C)Cc1cccc(F)c1. The molecule has 4 nitrogen and oxygen atoms in total. The van der Waals surface area contributed by atoms with Gasteiger partial charge in [-0.05, 0) is 43.2 Å². The van der Waals surface area contributed by atoms with Crippen LogP contribution in [0.2, 0.25) is 0 Å². The molecule has 0 saturated carbocycles. The molecule has 0 unspecified atom stereocenters. The summed E-state index contributed by atoms with van der Waals surface area (Å²) < 4.78 is 21.3. The highest BCUT2D eigenvalue weighted by atomic mass is 19.1. The van der Waals surface area contributed by atoms with Gasteiger partial charge < -0.3 is 4.74 Å². The lowest BCUT2D eigenvalue weighted by molar-refractivity contribution is 0.0799. The first-order valence-corrected chi connectivity index (χ1v) is 9.67. The van der Waals surface area contributed by atoms with E-state index < -0.39 is 0 Å². The number of ether oxygens (including phenoxy) is 1. The smallest absolute Gasteiger partial charge is 0.123 e. The van der Waals surface area contributed by atoms with Crippen LogP contribution in [-0.4, -0.2) is 33.9 Å². The van der Waals surface area contributed by atoms with Gasteiger partial charge in [-0.25, -0.2) is 4.39 Å². The lowest BCUT2D eigenvalue weighted by Gasteiger charge is -2.26. The largest absolute Gasteiger partial charge is 0.375 e. The van der Waals surface area contributed by atoms with Gasteiger partial charge in [0.05, 0.1) is 18.9 Å². The van der Waals surface area contributed by atoms with Crippen LogP contribution < -0.4 is 0 Å². The fraction of sp³-hybridized carbons (Fsp3) is 0.348. The van der Waals surface area contributed by atoms with Crippen molar-refractivity contribution in [3.8, 4) is 11.3 Å². The van der Waals surface area contributed by atoms with Crippen molar-refractivity contribution in [3.05, 3.63) is 77.7 Å². The summed E-state index contributed by atoms with van der Waals surface area (Å²) in [5, 5.41) is 4.26. The van der Waals surface area contributed by atoms with Crippen molar-refractivity contribution >= 4 is 0 Å². The van der Waals surface area contributed by atoms with E-state index in [0.29, 0.717) is 25.8 Å². The van der Waals surface area contributed by atoms with Gasteiger partial charge in [-0.2, -0.15) is 5.10 Å². The summed E-state index contributed by atoms with van der Waals surface area (Å²) in [6, 6.07) is 17.4. The van der Waals surface area contributed by atoms with Crippen molar-refractivity contribution in [1.82, 2.24) is 14.7 Å². The third-order valence-corrected chi connectivity index (χ3v) is 4.90. The molecule has 1 heterocycles. The topological polar surface area (TPSA) is 30.3 Å².